The van der Waals surface area contributed by atoms with Gasteiger partial charge in [0, 0.05) is 10.2 Å². The summed E-state index contributed by atoms with van der Waals surface area (Å²) in [5.41, 5.74) is 0.942. The summed E-state index contributed by atoms with van der Waals surface area (Å²) in [4.78, 5) is 26.4. The number of esters is 1. The van der Waals surface area contributed by atoms with Crippen LogP contribution in [0.3, 0.4) is 0 Å². The number of halogens is 1. The molecule has 0 spiro atoms. The van der Waals surface area contributed by atoms with Crippen molar-refractivity contribution in [3.8, 4) is 11.5 Å². The van der Waals surface area contributed by atoms with Crippen molar-refractivity contribution in [3.63, 3.8) is 0 Å². The highest BCUT2D eigenvalue weighted by atomic mass is 79.9. The lowest BCUT2D eigenvalue weighted by atomic mass is 10.2. The molecule has 0 bridgehead atoms. The molecule has 1 atom stereocenters. The molecule has 1 N–H and O–H groups in total. The maximum absolute atomic E-state index is 12.9. The molecule has 3 aromatic carbocycles. The number of ether oxygens (including phenoxy) is 3. The molecule has 0 saturated carbocycles. The number of sulfonamides is 1. The van der Waals surface area contributed by atoms with Gasteiger partial charge >= 0.3 is 5.97 Å². The predicted molar refractivity (Wildman–Crippen MR) is 132 cm³/mol. The number of rotatable bonds is 7. The molecule has 0 unspecified atom stereocenters. The van der Waals surface area contributed by atoms with Gasteiger partial charge in [-0.25, -0.2) is 13.2 Å². The smallest absolute Gasteiger partial charge is 0.348 e. The molecule has 1 heterocycles. The molecule has 0 aromatic heterocycles. The Morgan fingerprint density at radius 2 is 1.74 bits per heavy atom. The summed E-state index contributed by atoms with van der Waals surface area (Å²) in [6.07, 6.45) is -0.957. The van der Waals surface area contributed by atoms with Crippen LogP contribution in [-0.2, 0) is 24.3 Å². The van der Waals surface area contributed by atoms with Gasteiger partial charge in [0.1, 0.15) is 11.5 Å². The number of para-hydroxylation sites is 2. The number of benzene rings is 3. The minimum absolute atomic E-state index is 0.0230. The Kier molecular flexibility index (Phi) is 7.27. The van der Waals surface area contributed by atoms with Crippen LogP contribution in [0.5, 0.6) is 11.5 Å². The van der Waals surface area contributed by atoms with Gasteiger partial charge in [0.25, 0.3) is 15.9 Å². The maximum atomic E-state index is 12.9. The SMILES string of the molecule is COC(=O)[C@H]1CN(C(=O)COc2ccc(S(=O)(=O)Nc3ccc(Br)cc3)cc2)c2ccccc2O1. The second-order valence-corrected chi connectivity index (χ2v) is 10.1. The molecule has 35 heavy (non-hydrogen) atoms. The van der Waals surface area contributed by atoms with E-state index in [1.807, 2.05) is 0 Å². The van der Waals surface area contributed by atoms with E-state index >= 15 is 0 Å². The minimum Gasteiger partial charge on any atom is -0.484 e. The first kappa shape index (κ1) is 24.6. The van der Waals surface area contributed by atoms with Crippen LogP contribution in [0.2, 0.25) is 0 Å². The van der Waals surface area contributed by atoms with Gasteiger partial charge in [-0.05, 0) is 60.7 Å². The molecule has 11 heteroatoms. The van der Waals surface area contributed by atoms with Crippen molar-refractivity contribution in [1.29, 1.82) is 0 Å². The highest BCUT2D eigenvalue weighted by molar-refractivity contribution is 9.10. The van der Waals surface area contributed by atoms with E-state index in [9.17, 15) is 18.0 Å². The third-order valence-corrected chi connectivity index (χ3v) is 7.06. The Morgan fingerprint density at radius 3 is 2.43 bits per heavy atom. The Labute approximate surface area is 210 Å². The van der Waals surface area contributed by atoms with E-state index in [0.29, 0.717) is 22.9 Å². The van der Waals surface area contributed by atoms with Crippen molar-refractivity contribution < 1.29 is 32.2 Å². The van der Waals surface area contributed by atoms with Crippen molar-refractivity contribution in [1.82, 2.24) is 0 Å². The lowest BCUT2D eigenvalue weighted by Gasteiger charge is -2.33. The number of carbonyl (C=O) groups is 2. The predicted octanol–water partition coefficient (Wildman–Crippen LogP) is 3.60. The summed E-state index contributed by atoms with van der Waals surface area (Å²) < 4.78 is 44.6. The average molecular weight is 561 g/mol. The van der Waals surface area contributed by atoms with Gasteiger partial charge in [-0.2, -0.15) is 0 Å². The Hall–Kier alpha value is -3.57. The van der Waals surface area contributed by atoms with Gasteiger partial charge in [-0.1, -0.05) is 28.1 Å². The zero-order valence-electron chi connectivity index (χ0n) is 18.5. The van der Waals surface area contributed by atoms with Crippen LogP contribution in [0, 0.1) is 0 Å². The Balaban J connectivity index is 1.42. The summed E-state index contributed by atoms with van der Waals surface area (Å²) in [6.45, 7) is -0.351. The van der Waals surface area contributed by atoms with Crippen LogP contribution < -0.4 is 19.1 Å². The quantitative estimate of drug-likeness (QED) is 0.439. The number of anilines is 2. The lowest BCUT2D eigenvalue weighted by Crippen LogP contribution is -2.48. The number of nitrogens with zero attached hydrogens (tertiary/aromatic N) is 1. The number of nitrogens with one attached hydrogen (secondary N) is 1. The van der Waals surface area contributed by atoms with Crippen molar-refractivity contribution in [2.75, 3.05) is 29.9 Å². The van der Waals surface area contributed by atoms with E-state index in [1.54, 1.807) is 48.5 Å². The second kappa shape index (κ2) is 10.4. The van der Waals surface area contributed by atoms with E-state index in [1.165, 1.54) is 36.3 Å². The van der Waals surface area contributed by atoms with Gasteiger partial charge in [0.05, 0.1) is 24.2 Å². The van der Waals surface area contributed by atoms with Crippen LogP contribution in [0.15, 0.2) is 82.2 Å². The fourth-order valence-corrected chi connectivity index (χ4v) is 4.72. The fraction of sp³-hybridized carbons (Fsp3) is 0.167. The third-order valence-electron chi connectivity index (χ3n) is 5.13. The standard InChI is InChI=1S/C24H21BrN2O7S/c1-32-24(29)22-14-27(20-4-2-3-5-21(20)34-22)23(28)15-33-18-10-12-19(13-11-18)35(30,31)26-17-8-6-16(25)7-9-17/h2-13,22,26H,14-15H2,1H3/t22-/m1/s1. The molecule has 1 aliphatic rings. The molecule has 0 aliphatic carbocycles. The number of carbonyl (C=O) groups excluding carboxylic acids is 2. The Bertz CT molecular complexity index is 1330. The van der Waals surface area contributed by atoms with Crippen molar-refractivity contribution in [2.45, 2.75) is 11.0 Å². The molecule has 3 aromatic rings. The van der Waals surface area contributed by atoms with E-state index in [2.05, 4.69) is 20.7 Å². The molecule has 182 valence electrons. The van der Waals surface area contributed by atoms with Crippen molar-refractivity contribution in [2.24, 2.45) is 0 Å². The molecule has 4 rings (SSSR count). The highest BCUT2D eigenvalue weighted by Crippen LogP contribution is 2.33. The summed E-state index contributed by atoms with van der Waals surface area (Å²) in [5.74, 6) is -0.294. The van der Waals surface area contributed by atoms with Crippen LogP contribution in [-0.4, -0.2) is 46.7 Å². The molecular weight excluding hydrogens is 540 g/mol. The molecular formula is C24H21BrN2O7S. The summed E-state index contributed by atoms with van der Waals surface area (Å²) in [6, 6.07) is 19.3. The maximum Gasteiger partial charge on any atom is 0.348 e. The zero-order valence-corrected chi connectivity index (χ0v) is 20.9. The number of hydrogen-bond acceptors (Lipinski definition) is 7. The van der Waals surface area contributed by atoms with Gasteiger partial charge in [0.2, 0.25) is 6.10 Å². The van der Waals surface area contributed by atoms with Crippen LogP contribution in [0.25, 0.3) is 0 Å². The average Bonchev–Trinajstić information content (AvgIpc) is 2.87. The third kappa shape index (κ3) is 5.75. The molecule has 1 aliphatic heterocycles. The van der Waals surface area contributed by atoms with Crippen molar-refractivity contribution >= 4 is 49.2 Å². The highest BCUT2D eigenvalue weighted by Gasteiger charge is 2.34. The van der Waals surface area contributed by atoms with E-state index in [0.717, 1.165) is 4.47 Å². The fourth-order valence-electron chi connectivity index (χ4n) is 3.39. The van der Waals surface area contributed by atoms with Gasteiger partial charge in [0.15, 0.2) is 6.61 Å². The van der Waals surface area contributed by atoms with E-state index in [-0.39, 0.29) is 18.0 Å². The monoisotopic (exact) mass is 560 g/mol. The van der Waals surface area contributed by atoms with Gasteiger partial charge in [-0.3, -0.25) is 9.52 Å². The molecule has 0 fully saturated rings. The molecule has 0 radical (unpaired) electrons. The van der Waals surface area contributed by atoms with Crippen molar-refractivity contribution in [3.05, 3.63) is 77.3 Å². The first-order valence-corrected chi connectivity index (χ1v) is 12.7. The van der Waals surface area contributed by atoms with E-state index < -0.39 is 28.0 Å². The molecule has 0 saturated heterocycles. The number of fused-ring (bicyclic) bond motifs is 1. The lowest BCUT2D eigenvalue weighted by molar-refractivity contribution is -0.148. The summed E-state index contributed by atoms with van der Waals surface area (Å²) in [5, 5.41) is 0. The van der Waals surface area contributed by atoms with Crippen LogP contribution in [0.4, 0.5) is 11.4 Å². The van der Waals surface area contributed by atoms with Gasteiger partial charge < -0.3 is 19.1 Å². The molecule has 9 nitrogen and oxygen atoms in total. The minimum atomic E-state index is -3.80. The number of hydrogen-bond donors (Lipinski definition) is 1. The van der Waals surface area contributed by atoms with E-state index in [4.69, 9.17) is 14.2 Å². The topological polar surface area (TPSA) is 111 Å². The normalized spacial score (nSPS) is 14.9. The Morgan fingerprint density at radius 1 is 1.06 bits per heavy atom. The number of amides is 1. The second-order valence-electron chi connectivity index (χ2n) is 7.47. The first-order valence-electron chi connectivity index (χ1n) is 10.4. The van der Waals surface area contributed by atoms with Crippen LogP contribution in [0.1, 0.15) is 0 Å². The number of methoxy groups -OCH3 is 1. The largest absolute Gasteiger partial charge is 0.484 e. The van der Waals surface area contributed by atoms with Crippen LogP contribution >= 0.6 is 15.9 Å². The zero-order chi connectivity index (χ0) is 25.0. The first-order chi connectivity index (χ1) is 16.8. The van der Waals surface area contributed by atoms with Gasteiger partial charge in [-0.15, -0.1) is 0 Å². The summed E-state index contributed by atoms with van der Waals surface area (Å²) in [7, 11) is -2.55. The summed E-state index contributed by atoms with van der Waals surface area (Å²) >= 11 is 3.30. The molecule has 1 amide bonds.